The lowest BCUT2D eigenvalue weighted by molar-refractivity contribution is -0.245. The van der Waals surface area contributed by atoms with Crippen LogP contribution in [0.2, 0.25) is 0 Å². The molecule has 0 unspecified atom stereocenters. The van der Waals surface area contributed by atoms with Crippen LogP contribution >= 0.6 is 0 Å². The second kappa shape index (κ2) is 7.05. The van der Waals surface area contributed by atoms with Gasteiger partial charge in [-0.2, -0.15) is 0 Å². The summed E-state index contributed by atoms with van der Waals surface area (Å²) in [7, 11) is 0. The van der Waals surface area contributed by atoms with Gasteiger partial charge in [0, 0.05) is 5.41 Å². The minimum Gasteiger partial charge on any atom is -0.393 e. The molecule has 0 amide bonds. The zero-order valence-electron chi connectivity index (χ0n) is 17.3. The average Bonchev–Trinajstić information content (AvgIpc) is 2.95. The van der Waals surface area contributed by atoms with Gasteiger partial charge < -0.3 is 25.5 Å². The van der Waals surface area contributed by atoms with Gasteiger partial charge in [0.2, 0.25) is 0 Å². The van der Waals surface area contributed by atoms with Crippen molar-refractivity contribution in [2.75, 3.05) is 13.2 Å². The van der Waals surface area contributed by atoms with Gasteiger partial charge in [-0.15, -0.1) is 0 Å². The van der Waals surface area contributed by atoms with Crippen molar-refractivity contribution in [3.05, 3.63) is 11.6 Å². The standard InChI is InChI=1S/C23H38O5/c1-21-8-5-16(26)11-15(21)3-4-18-19(21)12-20(27)22(2)17(6-9-23(18,22)28)14(13-25)7-10-24/h7,15-20,24-28H,3-6,8-13H2,1-2H3/t15-,16+,17-,18-,19+,20-,21+,22+,23+/m1/s1. The van der Waals surface area contributed by atoms with Crippen molar-refractivity contribution in [1.29, 1.82) is 0 Å². The molecule has 0 radical (unpaired) electrons. The van der Waals surface area contributed by atoms with Crippen molar-refractivity contribution >= 4 is 0 Å². The third-order valence-electron chi connectivity index (χ3n) is 9.90. The van der Waals surface area contributed by atoms with E-state index >= 15 is 0 Å². The van der Waals surface area contributed by atoms with Gasteiger partial charge in [0.25, 0.3) is 0 Å². The smallest absolute Gasteiger partial charge is 0.0762 e. The molecule has 5 nitrogen and oxygen atoms in total. The summed E-state index contributed by atoms with van der Waals surface area (Å²) >= 11 is 0. The van der Waals surface area contributed by atoms with Crippen LogP contribution in [0.5, 0.6) is 0 Å². The minimum absolute atomic E-state index is 0.0685. The molecule has 0 aromatic heterocycles. The third kappa shape index (κ3) is 2.63. The molecule has 4 rings (SSSR count). The molecule has 4 aliphatic rings. The monoisotopic (exact) mass is 394 g/mol. The Hall–Kier alpha value is -0.460. The molecule has 0 spiro atoms. The Morgan fingerprint density at radius 3 is 2.39 bits per heavy atom. The summed E-state index contributed by atoms with van der Waals surface area (Å²) in [6, 6.07) is 0. The molecule has 4 fully saturated rings. The molecule has 4 saturated carbocycles. The Balaban J connectivity index is 1.71. The molecule has 0 aliphatic heterocycles. The molecule has 28 heavy (non-hydrogen) atoms. The Kier molecular flexibility index (Phi) is 5.24. The maximum Gasteiger partial charge on any atom is 0.0762 e. The van der Waals surface area contributed by atoms with Crippen LogP contribution in [0, 0.1) is 34.5 Å². The number of aliphatic hydroxyl groups is 5. The molecule has 5 N–H and O–H groups in total. The van der Waals surface area contributed by atoms with E-state index in [1.165, 1.54) is 0 Å². The van der Waals surface area contributed by atoms with Crippen LogP contribution < -0.4 is 0 Å². The zero-order valence-corrected chi connectivity index (χ0v) is 17.3. The van der Waals surface area contributed by atoms with E-state index in [1.54, 1.807) is 6.08 Å². The van der Waals surface area contributed by atoms with Crippen molar-refractivity contribution in [3.8, 4) is 0 Å². The van der Waals surface area contributed by atoms with Gasteiger partial charge in [0.1, 0.15) is 0 Å². The van der Waals surface area contributed by atoms with E-state index in [4.69, 9.17) is 0 Å². The van der Waals surface area contributed by atoms with E-state index in [9.17, 15) is 25.5 Å². The van der Waals surface area contributed by atoms with E-state index in [1.807, 2.05) is 6.92 Å². The van der Waals surface area contributed by atoms with Crippen molar-refractivity contribution < 1.29 is 25.5 Å². The average molecular weight is 395 g/mol. The molecule has 5 heteroatoms. The Morgan fingerprint density at radius 1 is 0.964 bits per heavy atom. The lowest BCUT2D eigenvalue weighted by Gasteiger charge is -2.65. The molecule has 4 aliphatic carbocycles. The highest BCUT2D eigenvalue weighted by Gasteiger charge is 2.70. The van der Waals surface area contributed by atoms with E-state index in [0.717, 1.165) is 44.1 Å². The van der Waals surface area contributed by atoms with E-state index < -0.39 is 17.1 Å². The SMILES string of the molecule is C[C@]12CC[C@H](O)C[C@H]1CC[C@@H]1[C@@H]2C[C@@H](O)[C@]2(C)[C@@H](C(=CCO)CO)CC[C@]12O. The fourth-order valence-corrected chi connectivity index (χ4v) is 8.21. The maximum atomic E-state index is 12.1. The number of hydrogen-bond acceptors (Lipinski definition) is 5. The van der Waals surface area contributed by atoms with Gasteiger partial charge in [-0.25, -0.2) is 0 Å². The predicted octanol–water partition coefficient (Wildman–Crippen LogP) is 2.00. The van der Waals surface area contributed by atoms with Gasteiger partial charge in [-0.3, -0.25) is 0 Å². The summed E-state index contributed by atoms with van der Waals surface area (Å²) < 4.78 is 0. The highest BCUT2D eigenvalue weighted by molar-refractivity contribution is 5.26. The Morgan fingerprint density at radius 2 is 1.71 bits per heavy atom. The van der Waals surface area contributed by atoms with Crippen LogP contribution in [-0.4, -0.2) is 56.6 Å². The first-order valence-electron chi connectivity index (χ1n) is 11.2. The third-order valence-corrected chi connectivity index (χ3v) is 9.90. The summed E-state index contributed by atoms with van der Waals surface area (Å²) in [6.07, 6.45) is 7.48. The molecule has 0 aromatic carbocycles. The highest BCUT2D eigenvalue weighted by atomic mass is 16.3. The maximum absolute atomic E-state index is 12.1. The first-order valence-corrected chi connectivity index (χ1v) is 11.2. The Labute approximate surface area is 168 Å². The fraction of sp³-hybridized carbons (Fsp3) is 0.913. The fourth-order valence-electron chi connectivity index (χ4n) is 8.21. The lowest BCUT2D eigenvalue weighted by atomic mass is 9.42. The molecule has 160 valence electrons. The first-order chi connectivity index (χ1) is 13.2. The number of fused-ring (bicyclic) bond motifs is 5. The molecule has 0 bridgehead atoms. The summed E-state index contributed by atoms with van der Waals surface area (Å²) in [5, 5.41) is 52.9. The van der Waals surface area contributed by atoms with E-state index in [-0.39, 0.29) is 42.5 Å². The summed E-state index contributed by atoms with van der Waals surface area (Å²) in [4.78, 5) is 0. The second-order valence-corrected chi connectivity index (χ2v) is 10.6. The van der Waals surface area contributed by atoms with Gasteiger partial charge in [0.05, 0.1) is 31.0 Å². The van der Waals surface area contributed by atoms with Crippen LogP contribution in [0.25, 0.3) is 0 Å². The van der Waals surface area contributed by atoms with E-state index in [2.05, 4.69) is 6.92 Å². The van der Waals surface area contributed by atoms with Crippen molar-refractivity contribution in [3.63, 3.8) is 0 Å². The zero-order chi connectivity index (χ0) is 20.3. The van der Waals surface area contributed by atoms with Gasteiger partial charge in [0.15, 0.2) is 0 Å². The van der Waals surface area contributed by atoms with Gasteiger partial charge in [-0.05, 0) is 86.0 Å². The normalized spacial score (nSPS) is 54.0. The lowest BCUT2D eigenvalue weighted by Crippen LogP contribution is -2.67. The van der Waals surface area contributed by atoms with Crippen LogP contribution in [0.15, 0.2) is 11.6 Å². The summed E-state index contributed by atoms with van der Waals surface area (Å²) in [5.41, 5.74) is -0.832. The second-order valence-electron chi connectivity index (χ2n) is 10.6. The summed E-state index contributed by atoms with van der Waals surface area (Å²) in [5.74, 6) is 0.780. The molecule has 0 saturated heterocycles. The molecular formula is C23H38O5. The van der Waals surface area contributed by atoms with Crippen LogP contribution in [0.4, 0.5) is 0 Å². The van der Waals surface area contributed by atoms with Crippen LogP contribution in [-0.2, 0) is 0 Å². The highest BCUT2D eigenvalue weighted by Crippen LogP contribution is 2.69. The largest absolute Gasteiger partial charge is 0.393 e. The predicted molar refractivity (Wildman–Crippen MR) is 106 cm³/mol. The van der Waals surface area contributed by atoms with Gasteiger partial charge in [-0.1, -0.05) is 19.9 Å². The molecule has 0 aromatic rings. The van der Waals surface area contributed by atoms with Crippen LogP contribution in [0.1, 0.15) is 65.2 Å². The minimum atomic E-state index is -0.951. The first kappa shape index (κ1) is 20.8. The number of aliphatic hydroxyl groups excluding tert-OH is 4. The van der Waals surface area contributed by atoms with Gasteiger partial charge >= 0.3 is 0 Å². The van der Waals surface area contributed by atoms with Crippen molar-refractivity contribution in [1.82, 2.24) is 0 Å². The molecule has 0 heterocycles. The molecule has 9 atom stereocenters. The van der Waals surface area contributed by atoms with E-state index in [0.29, 0.717) is 18.8 Å². The number of rotatable bonds is 3. The van der Waals surface area contributed by atoms with Crippen molar-refractivity contribution in [2.45, 2.75) is 83.0 Å². The summed E-state index contributed by atoms with van der Waals surface area (Å²) in [6.45, 7) is 4.06. The number of hydrogen-bond donors (Lipinski definition) is 5. The quantitative estimate of drug-likeness (QED) is 0.472. The Bertz CT molecular complexity index is 634. The van der Waals surface area contributed by atoms with Crippen molar-refractivity contribution in [2.24, 2.45) is 34.5 Å². The topological polar surface area (TPSA) is 101 Å². The van der Waals surface area contributed by atoms with Crippen LogP contribution in [0.3, 0.4) is 0 Å². The molecular weight excluding hydrogens is 356 g/mol.